The van der Waals surface area contributed by atoms with Gasteiger partial charge in [-0.05, 0) is 36.8 Å². The van der Waals surface area contributed by atoms with Gasteiger partial charge in [0.2, 0.25) is 0 Å². The summed E-state index contributed by atoms with van der Waals surface area (Å²) in [7, 11) is 0. The molecule has 23 heavy (non-hydrogen) atoms. The number of halogens is 3. The number of rotatable bonds is 5. The Kier molecular flexibility index (Phi) is 4.97. The Hall–Kier alpha value is -1.65. The molecule has 1 aliphatic carbocycles. The van der Waals surface area contributed by atoms with Gasteiger partial charge in [-0.25, -0.2) is 0 Å². The SMILES string of the molecule is CC(NC1=C(NCc2ccccc2C(F)(F)F)CC1)C(C)(C)C. The van der Waals surface area contributed by atoms with Crippen LogP contribution in [-0.4, -0.2) is 6.04 Å². The van der Waals surface area contributed by atoms with Gasteiger partial charge in [0.25, 0.3) is 0 Å². The molecule has 128 valence electrons. The third kappa shape index (κ3) is 4.43. The molecule has 0 aromatic heterocycles. The van der Waals surface area contributed by atoms with Crippen molar-refractivity contribution < 1.29 is 13.2 Å². The predicted octanol–water partition coefficient (Wildman–Crippen LogP) is 4.82. The van der Waals surface area contributed by atoms with E-state index in [1.165, 1.54) is 12.1 Å². The van der Waals surface area contributed by atoms with E-state index in [0.29, 0.717) is 6.04 Å². The standard InChI is InChI=1S/C18H25F3N2/c1-12(17(2,3)4)23-16-10-9-15(16)22-11-13-7-5-6-8-14(13)18(19,20)21/h5-8,12,22-23H,9-11H2,1-4H3. The molecule has 0 spiro atoms. The number of benzene rings is 1. The molecule has 0 heterocycles. The highest BCUT2D eigenvalue weighted by atomic mass is 19.4. The topological polar surface area (TPSA) is 24.1 Å². The van der Waals surface area contributed by atoms with E-state index in [0.717, 1.165) is 30.3 Å². The third-order valence-electron chi connectivity index (χ3n) is 4.49. The van der Waals surface area contributed by atoms with Gasteiger partial charge in [0.1, 0.15) is 0 Å². The van der Waals surface area contributed by atoms with E-state index < -0.39 is 11.7 Å². The van der Waals surface area contributed by atoms with Gasteiger partial charge < -0.3 is 10.6 Å². The molecule has 0 radical (unpaired) electrons. The van der Waals surface area contributed by atoms with Crippen LogP contribution in [0.5, 0.6) is 0 Å². The van der Waals surface area contributed by atoms with E-state index in [2.05, 4.69) is 38.3 Å². The molecular formula is C18H25F3N2. The maximum Gasteiger partial charge on any atom is 0.416 e. The van der Waals surface area contributed by atoms with Gasteiger partial charge in [0, 0.05) is 24.0 Å². The van der Waals surface area contributed by atoms with Crippen LogP contribution in [-0.2, 0) is 12.7 Å². The van der Waals surface area contributed by atoms with E-state index in [4.69, 9.17) is 0 Å². The Balaban J connectivity index is 2.03. The maximum absolute atomic E-state index is 13.0. The first-order valence-corrected chi connectivity index (χ1v) is 7.96. The van der Waals surface area contributed by atoms with Gasteiger partial charge in [0.05, 0.1) is 5.56 Å². The van der Waals surface area contributed by atoms with Crippen LogP contribution in [0.25, 0.3) is 0 Å². The molecule has 2 rings (SSSR count). The smallest absolute Gasteiger partial charge is 0.384 e. The maximum atomic E-state index is 13.0. The summed E-state index contributed by atoms with van der Waals surface area (Å²) in [4.78, 5) is 0. The van der Waals surface area contributed by atoms with Crippen LogP contribution in [0.4, 0.5) is 13.2 Å². The lowest BCUT2D eigenvalue weighted by atomic mass is 9.86. The van der Waals surface area contributed by atoms with E-state index >= 15 is 0 Å². The second kappa shape index (κ2) is 6.46. The average Bonchev–Trinajstić information content (AvgIpc) is 2.41. The van der Waals surface area contributed by atoms with Crippen LogP contribution in [0.3, 0.4) is 0 Å². The van der Waals surface area contributed by atoms with Crippen molar-refractivity contribution in [2.45, 2.75) is 59.3 Å². The van der Waals surface area contributed by atoms with Crippen molar-refractivity contribution in [2.24, 2.45) is 5.41 Å². The molecule has 0 aliphatic heterocycles. The average molecular weight is 326 g/mol. The lowest BCUT2D eigenvalue weighted by Gasteiger charge is -2.35. The minimum absolute atomic E-state index is 0.135. The van der Waals surface area contributed by atoms with Crippen LogP contribution in [0.2, 0.25) is 0 Å². The molecule has 1 aromatic carbocycles. The second-order valence-electron chi connectivity index (χ2n) is 7.20. The Bertz CT molecular complexity index is 583. The lowest BCUT2D eigenvalue weighted by molar-refractivity contribution is -0.138. The Labute approximate surface area is 136 Å². The minimum Gasteiger partial charge on any atom is -0.384 e. The van der Waals surface area contributed by atoms with Gasteiger partial charge in [-0.1, -0.05) is 39.0 Å². The lowest BCUT2D eigenvalue weighted by Crippen LogP contribution is -2.40. The molecule has 2 nitrogen and oxygen atoms in total. The van der Waals surface area contributed by atoms with Crippen LogP contribution in [0.15, 0.2) is 35.7 Å². The molecule has 2 N–H and O–H groups in total. The van der Waals surface area contributed by atoms with Crippen molar-refractivity contribution in [2.75, 3.05) is 0 Å². The van der Waals surface area contributed by atoms with Crippen LogP contribution >= 0.6 is 0 Å². The Morgan fingerprint density at radius 3 is 2.17 bits per heavy atom. The monoisotopic (exact) mass is 326 g/mol. The van der Waals surface area contributed by atoms with Crippen LogP contribution in [0.1, 0.15) is 51.7 Å². The summed E-state index contributed by atoms with van der Waals surface area (Å²) in [5.41, 5.74) is 2.00. The Morgan fingerprint density at radius 2 is 1.65 bits per heavy atom. The highest BCUT2D eigenvalue weighted by molar-refractivity contribution is 5.31. The zero-order valence-electron chi connectivity index (χ0n) is 14.1. The molecule has 1 atom stereocenters. The fourth-order valence-electron chi connectivity index (χ4n) is 2.36. The van der Waals surface area contributed by atoms with Gasteiger partial charge >= 0.3 is 6.18 Å². The van der Waals surface area contributed by atoms with Crippen molar-refractivity contribution >= 4 is 0 Å². The quantitative estimate of drug-likeness (QED) is 0.810. The minimum atomic E-state index is -4.31. The van der Waals surface area contributed by atoms with Crippen molar-refractivity contribution in [3.63, 3.8) is 0 Å². The highest BCUT2D eigenvalue weighted by Crippen LogP contribution is 2.32. The summed E-state index contributed by atoms with van der Waals surface area (Å²) in [6.45, 7) is 8.81. The molecule has 0 saturated carbocycles. The largest absolute Gasteiger partial charge is 0.416 e. The van der Waals surface area contributed by atoms with Crippen LogP contribution < -0.4 is 10.6 Å². The summed E-state index contributed by atoms with van der Waals surface area (Å²) in [6, 6.07) is 6.03. The first kappa shape index (κ1) is 17.7. The third-order valence-corrected chi connectivity index (χ3v) is 4.49. The summed E-state index contributed by atoms with van der Waals surface area (Å²) in [5, 5.41) is 6.65. The molecule has 0 saturated heterocycles. The van der Waals surface area contributed by atoms with E-state index in [-0.39, 0.29) is 17.5 Å². The molecule has 5 heteroatoms. The Morgan fingerprint density at radius 1 is 1.04 bits per heavy atom. The van der Waals surface area contributed by atoms with E-state index in [1.807, 2.05) is 0 Å². The van der Waals surface area contributed by atoms with Crippen molar-refractivity contribution in [3.8, 4) is 0 Å². The summed E-state index contributed by atoms with van der Waals surface area (Å²) in [5.74, 6) is 0. The number of hydrogen-bond acceptors (Lipinski definition) is 2. The number of alkyl halides is 3. The van der Waals surface area contributed by atoms with Crippen molar-refractivity contribution in [1.82, 2.24) is 10.6 Å². The highest BCUT2D eigenvalue weighted by Gasteiger charge is 2.33. The zero-order valence-corrected chi connectivity index (χ0v) is 14.1. The molecule has 0 amide bonds. The molecule has 1 aromatic rings. The molecule has 1 unspecified atom stereocenters. The predicted molar refractivity (Wildman–Crippen MR) is 86.6 cm³/mol. The fourth-order valence-corrected chi connectivity index (χ4v) is 2.36. The van der Waals surface area contributed by atoms with Crippen LogP contribution in [0, 0.1) is 5.41 Å². The molecular weight excluding hydrogens is 301 g/mol. The van der Waals surface area contributed by atoms with E-state index in [1.54, 1.807) is 6.07 Å². The summed E-state index contributed by atoms with van der Waals surface area (Å²) in [6.07, 6.45) is -2.48. The molecule has 1 aliphatic rings. The summed E-state index contributed by atoms with van der Waals surface area (Å²) >= 11 is 0. The zero-order chi connectivity index (χ0) is 17.3. The van der Waals surface area contributed by atoms with Gasteiger partial charge in [0.15, 0.2) is 0 Å². The number of nitrogens with one attached hydrogen (secondary N) is 2. The van der Waals surface area contributed by atoms with Crippen molar-refractivity contribution in [1.29, 1.82) is 0 Å². The van der Waals surface area contributed by atoms with E-state index in [9.17, 15) is 13.2 Å². The van der Waals surface area contributed by atoms with Gasteiger partial charge in [-0.15, -0.1) is 0 Å². The normalized spacial score (nSPS) is 16.8. The second-order valence-corrected chi connectivity index (χ2v) is 7.20. The summed E-state index contributed by atoms with van der Waals surface area (Å²) < 4.78 is 39.0. The van der Waals surface area contributed by atoms with Gasteiger partial charge in [-0.2, -0.15) is 13.2 Å². The molecule has 0 bridgehead atoms. The number of hydrogen-bond donors (Lipinski definition) is 2. The van der Waals surface area contributed by atoms with Crippen molar-refractivity contribution in [3.05, 3.63) is 46.8 Å². The number of allylic oxidation sites excluding steroid dienone is 2. The fraction of sp³-hybridized carbons (Fsp3) is 0.556. The van der Waals surface area contributed by atoms with Gasteiger partial charge in [-0.3, -0.25) is 0 Å². The first-order chi connectivity index (χ1) is 10.6. The first-order valence-electron chi connectivity index (χ1n) is 7.96. The molecule has 0 fully saturated rings.